The third-order valence-electron chi connectivity index (χ3n) is 4.00. The minimum Gasteiger partial charge on any atom is -0.481 e. The quantitative estimate of drug-likeness (QED) is 0.786. The number of urea groups is 1. The first kappa shape index (κ1) is 13.2. The number of aliphatic carboxylic acids is 1. The Morgan fingerprint density at radius 3 is 2.67 bits per heavy atom. The van der Waals surface area contributed by atoms with E-state index in [1.54, 1.807) is 0 Å². The van der Waals surface area contributed by atoms with E-state index in [2.05, 4.69) is 12.2 Å². The van der Waals surface area contributed by atoms with Gasteiger partial charge in [0.05, 0.1) is 6.42 Å². The van der Waals surface area contributed by atoms with Crippen LogP contribution < -0.4 is 5.32 Å². The predicted octanol–water partition coefficient (Wildman–Crippen LogP) is 1.82. The van der Waals surface area contributed by atoms with Gasteiger partial charge in [-0.3, -0.25) is 4.79 Å². The maximum Gasteiger partial charge on any atom is 0.317 e. The number of hydrogen-bond donors (Lipinski definition) is 2. The van der Waals surface area contributed by atoms with Gasteiger partial charge in [-0.1, -0.05) is 6.92 Å². The highest BCUT2D eigenvalue weighted by Gasteiger charge is 2.36. The lowest BCUT2D eigenvalue weighted by Crippen LogP contribution is -2.48. The van der Waals surface area contributed by atoms with Gasteiger partial charge in [0.1, 0.15) is 0 Å². The lowest BCUT2D eigenvalue weighted by Gasteiger charge is -2.26. The van der Waals surface area contributed by atoms with Crippen LogP contribution in [0.2, 0.25) is 0 Å². The molecule has 1 saturated carbocycles. The third-order valence-corrected chi connectivity index (χ3v) is 4.00. The summed E-state index contributed by atoms with van der Waals surface area (Å²) in [6.07, 6.45) is 5.21. The second-order valence-corrected chi connectivity index (χ2v) is 5.39. The van der Waals surface area contributed by atoms with E-state index in [0.717, 1.165) is 38.6 Å². The molecule has 0 bridgehead atoms. The fourth-order valence-corrected chi connectivity index (χ4v) is 2.79. The van der Waals surface area contributed by atoms with Crippen LogP contribution in [0.3, 0.4) is 0 Å². The van der Waals surface area contributed by atoms with Crippen molar-refractivity contribution in [1.82, 2.24) is 10.2 Å². The van der Waals surface area contributed by atoms with Crippen LogP contribution >= 0.6 is 0 Å². The Morgan fingerprint density at radius 1 is 1.39 bits per heavy atom. The molecule has 0 aromatic heterocycles. The number of carboxylic acids is 1. The molecule has 2 N–H and O–H groups in total. The zero-order chi connectivity index (χ0) is 13.1. The van der Waals surface area contributed by atoms with Crippen molar-refractivity contribution in [3.05, 3.63) is 0 Å². The molecule has 1 aliphatic heterocycles. The molecule has 2 rings (SSSR count). The molecule has 0 spiro atoms. The summed E-state index contributed by atoms with van der Waals surface area (Å²) < 4.78 is 0. The molecule has 2 unspecified atom stereocenters. The van der Waals surface area contributed by atoms with Gasteiger partial charge in [0.15, 0.2) is 0 Å². The minimum atomic E-state index is -0.833. The first-order valence-corrected chi connectivity index (χ1v) is 6.90. The van der Waals surface area contributed by atoms with Crippen molar-refractivity contribution in [3.8, 4) is 0 Å². The van der Waals surface area contributed by atoms with Gasteiger partial charge < -0.3 is 15.3 Å². The molecular weight excluding hydrogens is 232 g/mol. The fraction of sp³-hybridized carbons (Fsp3) is 0.846. The van der Waals surface area contributed by atoms with Gasteiger partial charge >= 0.3 is 12.0 Å². The summed E-state index contributed by atoms with van der Waals surface area (Å²) in [5.41, 5.74) is 0. The Hall–Kier alpha value is -1.26. The summed E-state index contributed by atoms with van der Waals surface area (Å²) >= 11 is 0. The van der Waals surface area contributed by atoms with E-state index < -0.39 is 5.97 Å². The molecule has 0 aromatic carbocycles. The Labute approximate surface area is 108 Å². The number of rotatable bonds is 5. The summed E-state index contributed by atoms with van der Waals surface area (Å²) in [4.78, 5) is 24.8. The number of carboxylic acid groups (broad SMARTS) is 1. The molecule has 2 atom stereocenters. The van der Waals surface area contributed by atoms with Crippen molar-refractivity contribution in [2.45, 2.75) is 57.5 Å². The summed E-state index contributed by atoms with van der Waals surface area (Å²) in [5, 5.41) is 11.8. The largest absolute Gasteiger partial charge is 0.481 e. The van der Waals surface area contributed by atoms with Crippen molar-refractivity contribution in [3.63, 3.8) is 0 Å². The Kier molecular flexibility index (Phi) is 4.09. The minimum absolute atomic E-state index is 0.0427. The Balaban J connectivity index is 1.89. The highest BCUT2D eigenvalue weighted by molar-refractivity contribution is 5.76. The fourth-order valence-electron chi connectivity index (χ4n) is 2.79. The van der Waals surface area contributed by atoms with Gasteiger partial charge in [0.2, 0.25) is 0 Å². The van der Waals surface area contributed by atoms with E-state index in [4.69, 9.17) is 5.11 Å². The highest BCUT2D eigenvalue weighted by atomic mass is 16.4. The normalized spacial score (nSPS) is 24.9. The van der Waals surface area contributed by atoms with Crippen molar-refractivity contribution in [1.29, 1.82) is 0 Å². The van der Waals surface area contributed by atoms with Crippen molar-refractivity contribution in [2.24, 2.45) is 5.92 Å². The first-order valence-electron chi connectivity index (χ1n) is 6.90. The van der Waals surface area contributed by atoms with Crippen LogP contribution in [0.4, 0.5) is 4.79 Å². The molecule has 5 heteroatoms. The SMILES string of the molecule is CCC1CCCN1C(=O)NC(CC(=O)O)C1CC1. The van der Waals surface area contributed by atoms with Gasteiger partial charge in [-0.05, 0) is 38.0 Å². The van der Waals surface area contributed by atoms with Crippen molar-refractivity contribution < 1.29 is 14.7 Å². The van der Waals surface area contributed by atoms with E-state index in [1.165, 1.54) is 0 Å². The van der Waals surface area contributed by atoms with Gasteiger partial charge in [0, 0.05) is 18.6 Å². The Bertz CT molecular complexity index is 328. The highest BCUT2D eigenvalue weighted by Crippen LogP contribution is 2.34. The van der Waals surface area contributed by atoms with Crippen LogP contribution in [0.5, 0.6) is 0 Å². The van der Waals surface area contributed by atoms with Gasteiger partial charge in [-0.2, -0.15) is 0 Å². The molecule has 2 aliphatic rings. The molecule has 0 radical (unpaired) electrons. The molecule has 1 saturated heterocycles. The van der Waals surface area contributed by atoms with Crippen LogP contribution in [0.15, 0.2) is 0 Å². The number of carbonyl (C=O) groups is 2. The zero-order valence-electron chi connectivity index (χ0n) is 10.9. The lowest BCUT2D eigenvalue weighted by atomic mass is 10.1. The monoisotopic (exact) mass is 254 g/mol. The van der Waals surface area contributed by atoms with Gasteiger partial charge in [-0.25, -0.2) is 4.79 Å². The second-order valence-electron chi connectivity index (χ2n) is 5.39. The van der Waals surface area contributed by atoms with Crippen LogP contribution in [0.25, 0.3) is 0 Å². The van der Waals surface area contributed by atoms with Crippen LogP contribution in [0.1, 0.15) is 45.4 Å². The molecule has 2 amide bonds. The molecule has 2 fully saturated rings. The Morgan fingerprint density at radius 2 is 2.11 bits per heavy atom. The summed E-state index contributed by atoms with van der Waals surface area (Å²) in [6, 6.07) is 0.0697. The maximum atomic E-state index is 12.2. The second kappa shape index (κ2) is 5.59. The smallest absolute Gasteiger partial charge is 0.317 e. The van der Waals surface area contributed by atoms with E-state index in [0.29, 0.717) is 12.0 Å². The van der Waals surface area contributed by atoms with Crippen molar-refractivity contribution in [2.75, 3.05) is 6.54 Å². The number of nitrogens with zero attached hydrogens (tertiary/aromatic N) is 1. The van der Waals surface area contributed by atoms with E-state index >= 15 is 0 Å². The van der Waals surface area contributed by atoms with E-state index in [9.17, 15) is 9.59 Å². The summed E-state index contributed by atoms with van der Waals surface area (Å²) in [7, 11) is 0. The first-order chi connectivity index (χ1) is 8.61. The predicted molar refractivity (Wildman–Crippen MR) is 67.3 cm³/mol. The third kappa shape index (κ3) is 3.15. The topological polar surface area (TPSA) is 69.6 Å². The van der Waals surface area contributed by atoms with Crippen LogP contribution in [0, 0.1) is 5.92 Å². The number of nitrogens with one attached hydrogen (secondary N) is 1. The number of amides is 2. The number of hydrogen-bond acceptors (Lipinski definition) is 2. The average molecular weight is 254 g/mol. The molecular formula is C13H22N2O3. The molecule has 18 heavy (non-hydrogen) atoms. The molecule has 1 heterocycles. The van der Waals surface area contributed by atoms with Gasteiger partial charge in [0.25, 0.3) is 0 Å². The number of carbonyl (C=O) groups excluding carboxylic acids is 1. The molecule has 1 aliphatic carbocycles. The molecule has 5 nitrogen and oxygen atoms in total. The lowest BCUT2D eigenvalue weighted by molar-refractivity contribution is -0.137. The molecule has 0 aromatic rings. The maximum absolute atomic E-state index is 12.2. The average Bonchev–Trinajstić information content (AvgIpc) is 3.05. The van der Waals surface area contributed by atoms with E-state index in [-0.39, 0.29) is 18.5 Å². The zero-order valence-corrected chi connectivity index (χ0v) is 10.9. The van der Waals surface area contributed by atoms with Crippen molar-refractivity contribution >= 4 is 12.0 Å². The van der Waals surface area contributed by atoms with E-state index in [1.807, 2.05) is 4.90 Å². The summed E-state index contributed by atoms with van der Waals surface area (Å²) in [6.45, 7) is 2.89. The number of likely N-dealkylation sites (tertiary alicyclic amines) is 1. The standard InChI is InChI=1S/C13H22N2O3/c1-2-10-4-3-7-15(10)13(18)14-11(8-12(16)17)9-5-6-9/h9-11H,2-8H2,1H3,(H,14,18)(H,16,17). The van der Waals surface area contributed by atoms with Crippen LogP contribution in [-0.4, -0.2) is 40.6 Å². The summed E-state index contributed by atoms with van der Waals surface area (Å²) in [5.74, 6) is -0.464. The van der Waals surface area contributed by atoms with Crippen LogP contribution in [-0.2, 0) is 4.79 Å². The van der Waals surface area contributed by atoms with Gasteiger partial charge in [-0.15, -0.1) is 0 Å². The molecule has 102 valence electrons.